The van der Waals surface area contributed by atoms with Gasteiger partial charge in [0.05, 0.1) is 125 Å². The van der Waals surface area contributed by atoms with Gasteiger partial charge in [-0.1, -0.05) is 30.3 Å². The Morgan fingerprint density at radius 1 is 0.622 bits per heavy atom. The highest BCUT2D eigenvalue weighted by atomic mass is 32.1. The fourth-order valence-electron chi connectivity index (χ4n) is 6.80. The van der Waals surface area contributed by atoms with Gasteiger partial charge in [0.2, 0.25) is 29.5 Å². The highest BCUT2D eigenvalue weighted by Crippen LogP contribution is 2.17. The van der Waals surface area contributed by atoms with Gasteiger partial charge in [-0.05, 0) is 42.3 Å². The quantitative estimate of drug-likeness (QED) is 0.0346. The van der Waals surface area contributed by atoms with Crippen LogP contribution in [0.4, 0.5) is 15.6 Å². The lowest BCUT2D eigenvalue weighted by Gasteiger charge is -2.19. The number of rotatable bonds is 46. The van der Waals surface area contributed by atoms with Crippen molar-refractivity contribution in [3.63, 3.8) is 0 Å². The van der Waals surface area contributed by atoms with Crippen LogP contribution in [-0.2, 0) is 73.2 Å². The van der Waals surface area contributed by atoms with E-state index in [1.807, 2.05) is 30.3 Å². The van der Waals surface area contributed by atoms with Crippen molar-refractivity contribution in [2.45, 2.75) is 44.5 Å². The number of carboxylic acid groups (broad SMARTS) is 1. The molecule has 0 aliphatic carbocycles. The molecule has 0 spiro atoms. The van der Waals surface area contributed by atoms with Crippen LogP contribution in [0.2, 0.25) is 0 Å². The van der Waals surface area contributed by atoms with Crippen molar-refractivity contribution in [1.29, 1.82) is 0 Å². The van der Waals surface area contributed by atoms with Crippen molar-refractivity contribution in [2.75, 3.05) is 149 Å². The Balaban J connectivity index is 0.871. The van der Waals surface area contributed by atoms with Crippen molar-refractivity contribution in [2.24, 2.45) is 0 Å². The Morgan fingerprint density at radius 2 is 1.18 bits per heavy atom. The molecule has 3 aromatic rings. The number of nitrogens with zero attached hydrogens (tertiary/aromatic N) is 2. The molecular weight excluding hydrogens is 1100 g/mol. The van der Waals surface area contributed by atoms with Crippen LogP contribution in [0.15, 0.2) is 72.1 Å². The van der Waals surface area contributed by atoms with Crippen LogP contribution in [0.3, 0.4) is 0 Å². The minimum absolute atomic E-state index is 0.0680. The van der Waals surface area contributed by atoms with E-state index in [4.69, 9.17) is 42.6 Å². The zero-order valence-corrected chi connectivity index (χ0v) is 46.4. The largest absolute Gasteiger partial charge is 0.494 e. The number of benzene rings is 2. The number of anilines is 2. The number of aliphatic hydroxyl groups excluding tert-OH is 1. The van der Waals surface area contributed by atoms with E-state index >= 15 is 0 Å². The Kier molecular flexibility index (Phi) is 34.3. The van der Waals surface area contributed by atoms with Gasteiger partial charge in [-0.2, -0.15) is 0 Å². The second-order valence-electron chi connectivity index (χ2n) is 17.4. The molecule has 4 rings (SSSR count). The van der Waals surface area contributed by atoms with Gasteiger partial charge in [-0.25, -0.2) is 9.78 Å². The van der Waals surface area contributed by atoms with Crippen LogP contribution >= 0.6 is 11.3 Å². The smallest absolute Gasteiger partial charge is 0.321 e. The number of amides is 8. The molecular formula is C53H75N9O19S. The van der Waals surface area contributed by atoms with Gasteiger partial charge in [-0.15, -0.1) is 11.3 Å². The first kappa shape index (κ1) is 67.3. The molecule has 2 heterocycles. The number of hydrogen-bond acceptors (Lipinski definition) is 20. The van der Waals surface area contributed by atoms with E-state index in [0.717, 1.165) is 16.9 Å². The predicted molar refractivity (Wildman–Crippen MR) is 295 cm³/mol. The number of aliphatic hydroxyl groups is 1. The molecule has 82 heavy (non-hydrogen) atoms. The summed E-state index contributed by atoms with van der Waals surface area (Å²) in [5, 5.41) is 38.5. The summed E-state index contributed by atoms with van der Waals surface area (Å²) in [4.78, 5) is 103. The standard InChI is InChI=1S/C53H75N9O19S/c63-44(13-17-62-47(66)11-12-48(62)67)55-16-20-74-22-24-76-26-28-78-30-32-80-34-33-79-31-29-77-27-25-75-23-21-73-19-14-45(64)54-15-4-18-81-41-9-7-40(8-10-41)58-51(71)42(35-49(68)69)59-46(65)37-56-50(70)43-38-82-53(60-43)61-52(72)57-36-39-5-2-1-3-6-39/h1-3,5-12,38,42,47,66H,4,13-37H2,(H,54,64)(H,55,63)(H,56,70)(H,58,71)(H,59,65)(H,68,69)(H2,57,60,61,72). The van der Waals surface area contributed by atoms with E-state index in [-0.39, 0.29) is 67.7 Å². The first-order chi connectivity index (χ1) is 39.9. The van der Waals surface area contributed by atoms with Crippen LogP contribution in [0.5, 0.6) is 5.75 Å². The first-order valence-electron chi connectivity index (χ1n) is 26.6. The van der Waals surface area contributed by atoms with Crippen LogP contribution < -0.4 is 42.0 Å². The molecule has 0 radical (unpaired) electrons. The molecule has 28 nitrogen and oxygen atoms in total. The van der Waals surface area contributed by atoms with Gasteiger partial charge in [0.25, 0.3) is 5.91 Å². The lowest BCUT2D eigenvalue weighted by molar-refractivity contribution is -0.139. The Labute approximate surface area is 478 Å². The van der Waals surface area contributed by atoms with Crippen molar-refractivity contribution in [3.8, 4) is 5.75 Å². The van der Waals surface area contributed by atoms with Crippen LogP contribution in [0.25, 0.3) is 0 Å². The summed E-state index contributed by atoms with van der Waals surface area (Å²) in [5.41, 5.74) is 1.13. The average Bonchev–Trinajstić information content (AvgIpc) is 4.15. The van der Waals surface area contributed by atoms with Crippen molar-refractivity contribution in [1.82, 2.24) is 36.5 Å². The molecule has 8 amide bonds. The van der Waals surface area contributed by atoms with Gasteiger partial charge < -0.3 is 89.6 Å². The van der Waals surface area contributed by atoms with E-state index in [9.17, 15) is 48.6 Å². The van der Waals surface area contributed by atoms with Crippen LogP contribution in [0.1, 0.15) is 41.7 Å². The number of ether oxygens (including phenoxy) is 9. The number of hydrogen-bond donors (Lipinski definition) is 9. The third kappa shape index (κ3) is 31.1. The van der Waals surface area contributed by atoms with Crippen molar-refractivity contribution >= 4 is 69.6 Å². The monoisotopic (exact) mass is 1170 g/mol. The van der Waals surface area contributed by atoms with E-state index in [2.05, 4.69) is 42.2 Å². The second-order valence-corrected chi connectivity index (χ2v) is 18.2. The van der Waals surface area contributed by atoms with Gasteiger partial charge >= 0.3 is 12.0 Å². The summed E-state index contributed by atoms with van der Waals surface area (Å²) < 4.78 is 49.5. The second kappa shape index (κ2) is 41.8. The average molecular weight is 1170 g/mol. The predicted octanol–water partition coefficient (Wildman–Crippen LogP) is 0.424. The fraction of sp³-hybridized carbons (Fsp3) is 0.528. The van der Waals surface area contributed by atoms with E-state index in [1.165, 1.54) is 34.6 Å². The molecule has 1 aliphatic heterocycles. The van der Waals surface area contributed by atoms with Gasteiger partial charge in [0.1, 0.15) is 23.7 Å². The zero-order chi connectivity index (χ0) is 58.8. The summed E-state index contributed by atoms with van der Waals surface area (Å²) in [6.45, 7) is 6.88. The number of nitrogens with one attached hydrogen (secondary N) is 7. The van der Waals surface area contributed by atoms with Crippen LogP contribution in [-0.4, -0.2) is 218 Å². The third-order valence-electron chi connectivity index (χ3n) is 11.0. The fourth-order valence-corrected chi connectivity index (χ4v) is 7.48. The normalized spacial score (nSPS) is 13.1. The highest BCUT2D eigenvalue weighted by Gasteiger charge is 2.26. The topological polar surface area (TPSA) is 360 Å². The first-order valence-corrected chi connectivity index (χ1v) is 27.4. The summed E-state index contributed by atoms with van der Waals surface area (Å²) in [7, 11) is 0. The summed E-state index contributed by atoms with van der Waals surface area (Å²) in [6, 6.07) is 13.5. The molecule has 0 fully saturated rings. The Bertz CT molecular complexity index is 2400. The highest BCUT2D eigenvalue weighted by molar-refractivity contribution is 7.14. The van der Waals surface area contributed by atoms with Gasteiger partial charge in [-0.3, -0.25) is 38.9 Å². The maximum atomic E-state index is 13.0. The molecule has 29 heteroatoms. The number of thiazole rings is 1. The number of aliphatic carboxylic acids is 1. The maximum absolute atomic E-state index is 13.0. The number of urea groups is 1. The molecule has 1 aliphatic rings. The summed E-state index contributed by atoms with van der Waals surface area (Å²) in [6.07, 6.45) is 1.72. The van der Waals surface area contributed by atoms with Crippen LogP contribution in [0, 0.1) is 0 Å². The molecule has 0 saturated carbocycles. The molecule has 2 unspecified atom stereocenters. The Morgan fingerprint density at radius 3 is 1.76 bits per heavy atom. The van der Waals surface area contributed by atoms with E-state index in [0.29, 0.717) is 130 Å². The number of carbonyl (C=O) groups is 8. The molecule has 0 saturated heterocycles. The van der Waals surface area contributed by atoms with Gasteiger partial charge in [0.15, 0.2) is 5.13 Å². The maximum Gasteiger partial charge on any atom is 0.321 e. The zero-order valence-electron chi connectivity index (χ0n) is 45.6. The minimum atomic E-state index is -1.47. The molecule has 2 aromatic carbocycles. The van der Waals surface area contributed by atoms with E-state index in [1.54, 1.807) is 12.1 Å². The molecule has 2 atom stereocenters. The summed E-state index contributed by atoms with van der Waals surface area (Å²) >= 11 is 0.996. The molecule has 9 N–H and O–H groups in total. The van der Waals surface area contributed by atoms with Gasteiger partial charge in [0, 0.05) is 56.2 Å². The lowest BCUT2D eigenvalue weighted by Crippen LogP contribution is -2.48. The van der Waals surface area contributed by atoms with Crippen molar-refractivity contribution < 1.29 is 91.2 Å². The molecule has 1 aromatic heterocycles. The SMILES string of the molecule is O=C(O)CC(NC(=O)CNC(=O)c1csc(NC(=O)NCc2ccccc2)n1)C(=O)Nc1ccc(OCCCNC(=O)CCOCCOCCOCCOCCOCCOCCOCCOCCNC(=O)CCN2C(=O)C=CC2O)cc1. The molecule has 0 bridgehead atoms. The minimum Gasteiger partial charge on any atom is -0.494 e. The molecule has 452 valence electrons. The van der Waals surface area contributed by atoms with Crippen molar-refractivity contribution in [3.05, 3.63) is 83.4 Å². The lowest BCUT2D eigenvalue weighted by atomic mass is 10.1. The number of carboxylic acids is 1. The Hall–Kier alpha value is -7.19. The van der Waals surface area contributed by atoms with E-state index < -0.39 is 55.0 Å². The number of carbonyl (C=O) groups excluding carboxylic acids is 7. The third-order valence-corrected chi connectivity index (χ3v) is 11.7. The summed E-state index contributed by atoms with van der Waals surface area (Å²) in [5.74, 6) is -3.95. The number of aromatic nitrogens is 1.